The largest absolute Gasteiger partial charge is 0.297 e. The quantitative estimate of drug-likeness (QED) is 0.481. The van der Waals surface area contributed by atoms with Crippen molar-refractivity contribution in [2.75, 3.05) is 31.7 Å². The first kappa shape index (κ1) is 21.2. The average molecular weight is 466 g/mol. The maximum atomic E-state index is 4.32. The molecular formula is C26H32BrN3. The molecule has 0 saturated carbocycles. The molecule has 30 heavy (non-hydrogen) atoms. The Morgan fingerprint density at radius 3 is 2.27 bits per heavy atom. The minimum absolute atomic E-state index is 0.875. The molecule has 2 aromatic rings. The molecule has 2 aliphatic rings. The van der Waals surface area contributed by atoms with Gasteiger partial charge in [-0.25, -0.2) is 0 Å². The van der Waals surface area contributed by atoms with Crippen LogP contribution >= 0.6 is 15.9 Å². The Kier molecular flexibility index (Phi) is 6.96. The van der Waals surface area contributed by atoms with Crippen LogP contribution in [-0.4, -0.2) is 36.6 Å². The molecule has 4 heteroatoms. The van der Waals surface area contributed by atoms with Crippen LogP contribution in [0.15, 0.2) is 83.1 Å². The highest BCUT2D eigenvalue weighted by atomic mass is 79.9. The maximum Gasteiger partial charge on any atom is 0.0721 e. The summed E-state index contributed by atoms with van der Waals surface area (Å²) in [5.41, 5.74) is 4.93. The van der Waals surface area contributed by atoms with Gasteiger partial charge in [-0.1, -0.05) is 61.5 Å². The first-order valence-corrected chi connectivity index (χ1v) is 11.9. The van der Waals surface area contributed by atoms with Crippen molar-refractivity contribution in [2.24, 2.45) is 5.92 Å². The van der Waals surface area contributed by atoms with Crippen molar-refractivity contribution < 1.29 is 0 Å². The Morgan fingerprint density at radius 2 is 1.60 bits per heavy atom. The fourth-order valence-electron chi connectivity index (χ4n) is 4.66. The molecule has 0 atom stereocenters. The van der Waals surface area contributed by atoms with Crippen LogP contribution in [0.25, 0.3) is 0 Å². The van der Waals surface area contributed by atoms with E-state index >= 15 is 0 Å². The van der Waals surface area contributed by atoms with E-state index in [1.807, 2.05) is 0 Å². The van der Waals surface area contributed by atoms with Gasteiger partial charge in [-0.15, -0.1) is 0 Å². The number of hydrazine groups is 1. The number of hydrogen-bond acceptors (Lipinski definition) is 3. The number of halogens is 1. The predicted octanol–water partition coefficient (Wildman–Crippen LogP) is 6.21. The molecule has 158 valence electrons. The number of nitrogens with zero attached hydrogens (tertiary/aromatic N) is 3. The first-order valence-electron chi connectivity index (χ1n) is 11.1. The molecule has 1 saturated heterocycles. The van der Waals surface area contributed by atoms with Gasteiger partial charge in [0.1, 0.15) is 0 Å². The highest BCUT2D eigenvalue weighted by Gasteiger charge is 2.31. The van der Waals surface area contributed by atoms with Crippen LogP contribution in [0.2, 0.25) is 0 Å². The van der Waals surface area contributed by atoms with Crippen molar-refractivity contribution >= 4 is 21.6 Å². The number of para-hydroxylation sites is 1. The standard InChI is InChI=1S/C26H32BrN3/c1-21-26(27)25(28(2)30(21)24-14-7-4-8-15-24)20-29-18-16-23(17-19-29)13-9-12-22-10-5-3-6-11-22/h3-8,10-11,14-15,23H,1,9,12-13,16-20H2,2H3. The third kappa shape index (κ3) is 4.81. The number of piperidine rings is 1. The van der Waals surface area contributed by atoms with Gasteiger partial charge in [-0.05, 0) is 78.3 Å². The summed E-state index contributed by atoms with van der Waals surface area (Å²) in [6.45, 7) is 7.66. The minimum Gasteiger partial charge on any atom is -0.297 e. The lowest BCUT2D eigenvalue weighted by atomic mass is 9.90. The van der Waals surface area contributed by atoms with Gasteiger partial charge in [0.25, 0.3) is 0 Å². The van der Waals surface area contributed by atoms with Crippen LogP contribution in [-0.2, 0) is 6.42 Å². The molecule has 3 nitrogen and oxygen atoms in total. The lowest BCUT2D eigenvalue weighted by molar-refractivity contribution is 0.179. The van der Waals surface area contributed by atoms with E-state index in [1.54, 1.807) is 0 Å². The molecule has 0 amide bonds. The highest BCUT2D eigenvalue weighted by Crippen LogP contribution is 2.38. The van der Waals surface area contributed by atoms with E-state index in [1.165, 1.54) is 56.5 Å². The van der Waals surface area contributed by atoms with Crippen LogP contribution in [0.5, 0.6) is 0 Å². The number of anilines is 1. The summed E-state index contributed by atoms with van der Waals surface area (Å²) in [4.78, 5) is 2.60. The summed E-state index contributed by atoms with van der Waals surface area (Å²) >= 11 is 3.81. The lowest BCUT2D eigenvalue weighted by Crippen LogP contribution is -2.40. The van der Waals surface area contributed by atoms with Crippen molar-refractivity contribution in [1.82, 2.24) is 9.91 Å². The van der Waals surface area contributed by atoms with Gasteiger partial charge in [0, 0.05) is 13.6 Å². The number of likely N-dealkylation sites (N-methyl/N-ethyl adjacent to an activating group) is 1. The maximum absolute atomic E-state index is 4.32. The Bertz CT molecular complexity index is 870. The number of likely N-dealkylation sites (tertiary alicyclic amines) is 1. The summed E-state index contributed by atoms with van der Waals surface area (Å²) < 4.78 is 1.12. The van der Waals surface area contributed by atoms with Crippen LogP contribution in [0.1, 0.15) is 31.2 Å². The molecule has 4 rings (SSSR count). The first-order chi connectivity index (χ1) is 14.6. The lowest BCUT2D eigenvalue weighted by Gasteiger charge is -2.35. The molecule has 0 N–H and O–H groups in total. The second kappa shape index (κ2) is 9.84. The van der Waals surface area contributed by atoms with Gasteiger partial charge >= 0.3 is 0 Å². The van der Waals surface area contributed by atoms with Crippen LogP contribution in [0, 0.1) is 5.92 Å². The number of aryl methyl sites for hydroxylation is 1. The molecule has 0 spiro atoms. The van der Waals surface area contributed by atoms with Gasteiger partial charge in [0.05, 0.1) is 21.6 Å². The zero-order valence-corrected chi connectivity index (χ0v) is 19.5. The van der Waals surface area contributed by atoms with Gasteiger partial charge in [0.15, 0.2) is 0 Å². The molecule has 1 fully saturated rings. The second-order valence-corrected chi connectivity index (χ2v) is 9.27. The summed E-state index contributed by atoms with van der Waals surface area (Å²) in [7, 11) is 2.14. The van der Waals surface area contributed by atoms with Gasteiger partial charge in [-0.3, -0.25) is 14.9 Å². The summed E-state index contributed by atoms with van der Waals surface area (Å²) in [6.07, 6.45) is 6.50. The molecule has 0 bridgehead atoms. The van der Waals surface area contributed by atoms with Gasteiger partial charge in [0.2, 0.25) is 0 Å². The summed E-state index contributed by atoms with van der Waals surface area (Å²) in [5, 5.41) is 4.43. The Balaban J connectivity index is 1.27. The van der Waals surface area contributed by atoms with E-state index in [0.717, 1.165) is 28.3 Å². The fourth-order valence-corrected chi connectivity index (χ4v) is 5.21. The monoisotopic (exact) mass is 465 g/mol. The summed E-state index contributed by atoms with van der Waals surface area (Å²) in [5.74, 6) is 0.875. The van der Waals surface area contributed by atoms with E-state index in [4.69, 9.17) is 0 Å². The predicted molar refractivity (Wildman–Crippen MR) is 130 cm³/mol. The zero-order valence-electron chi connectivity index (χ0n) is 17.9. The van der Waals surface area contributed by atoms with Crippen LogP contribution in [0.4, 0.5) is 5.69 Å². The van der Waals surface area contributed by atoms with Crippen molar-refractivity contribution in [2.45, 2.75) is 32.1 Å². The second-order valence-electron chi connectivity index (χ2n) is 8.48. The molecule has 2 aliphatic heterocycles. The molecule has 0 aliphatic carbocycles. The van der Waals surface area contributed by atoms with Crippen molar-refractivity contribution in [1.29, 1.82) is 0 Å². The Morgan fingerprint density at radius 1 is 0.967 bits per heavy atom. The summed E-state index contributed by atoms with van der Waals surface area (Å²) in [6, 6.07) is 21.4. The topological polar surface area (TPSA) is 9.72 Å². The molecule has 0 radical (unpaired) electrons. The van der Waals surface area contributed by atoms with Crippen molar-refractivity contribution in [3.05, 3.63) is 88.7 Å². The van der Waals surface area contributed by atoms with Crippen molar-refractivity contribution in [3.63, 3.8) is 0 Å². The molecular weight excluding hydrogens is 434 g/mol. The number of hydrogen-bond donors (Lipinski definition) is 0. The van der Waals surface area contributed by atoms with E-state index in [-0.39, 0.29) is 0 Å². The molecule has 2 aromatic carbocycles. The average Bonchev–Trinajstić information content (AvgIpc) is 2.99. The normalized spacial score (nSPS) is 18.5. The van der Waals surface area contributed by atoms with E-state index in [2.05, 4.69) is 105 Å². The molecule has 0 aromatic heterocycles. The van der Waals surface area contributed by atoms with Crippen LogP contribution in [0.3, 0.4) is 0 Å². The zero-order chi connectivity index (χ0) is 20.9. The van der Waals surface area contributed by atoms with E-state index < -0.39 is 0 Å². The SMILES string of the molecule is C=C1C(Br)=C(CN2CCC(CCCc3ccccc3)CC2)N(C)N1c1ccccc1. The Labute approximate surface area is 189 Å². The highest BCUT2D eigenvalue weighted by molar-refractivity contribution is 9.12. The number of rotatable bonds is 7. The minimum atomic E-state index is 0.875. The third-order valence-corrected chi connectivity index (χ3v) is 7.37. The van der Waals surface area contributed by atoms with Crippen molar-refractivity contribution in [3.8, 4) is 0 Å². The molecule has 2 heterocycles. The number of benzene rings is 2. The van der Waals surface area contributed by atoms with E-state index in [0.29, 0.717) is 0 Å². The number of allylic oxidation sites excluding steroid dienone is 1. The van der Waals surface area contributed by atoms with Gasteiger partial charge in [-0.2, -0.15) is 0 Å². The molecule has 0 unspecified atom stereocenters. The van der Waals surface area contributed by atoms with Gasteiger partial charge < -0.3 is 0 Å². The third-order valence-electron chi connectivity index (χ3n) is 6.45. The van der Waals surface area contributed by atoms with Crippen LogP contribution < -0.4 is 5.01 Å². The fraction of sp³-hybridized carbons (Fsp3) is 0.385. The smallest absolute Gasteiger partial charge is 0.0721 e. The van der Waals surface area contributed by atoms with E-state index in [9.17, 15) is 0 Å². The Hall–Kier alpha value is -2.04.